The van der Waals surface area contributed by atoms with Crippen LogP contribution in [0.4, 0.5) is 10.1 Å². The average molecular weight is 236 g/mol. The third kappa shape index (κ3) is 2.47. The van der Waals surface area contributed by atoms with Crippen LogP contribution in [0.25, 0.3) is 0 Å². The molecule has 3 nitrogen and oxygen atoms in total. The van der Waals surface area contributed by atoms with Gasteiger partial charge in [-0.25, -0.2) is 4.39 Å². The number of carbonyl (C=O) groups is 1. The summed E-state index contributed by atoms with van der Waals surface area (Å²) in [5.74, 6) is -0.542. The van der Waals surface area contributed by atoms with Gasteiger partial charge < -0.3 is 11.1 Å². The number of carbonyl (C=O) groups excluding carboxylic acids is 1. The van der Waals surface area contributed by atoms with Crippen LogP contribution in [0.2, 0.25) is 0 Å². The van der Waals surface area contributed by atoms with Crippen molar-refractivity contribution < 1.29 is 9.18 Å². The van der Waals surface area contributed by atoms with Gasteiger partial charge in [0.1, 0.15) is 5.82 Å². The minimum absolute atomic E-state index is 0.0659. The summed E-state index contributed by atoms with van der Waals surface area (Å²) >= 11 is 0. The Balaban J connectivity index is 2.10. The summed E-state index contributed by atoms with van der Waals surface area (Å²) in [6, 6.07) is 4.61. The molecule has 2 unspecified atom stereocenters. The first kappa shape index (κ1) is 12.0. The molecule has 0 saturated heterocycles. The van der Waals surface area contributed by atoms with E-state index in [1.54, 1.807) is 19.1 Å². The monoisotopic (exact) mass is 236 g/mol. The maximum atomic E-state index is 13.3. The molecule has 1 amide bonds. The fraction of sp³-hybridized carbons (Fsp3) is 0.462. The third-order valence-electron chi connectivity index (χ3n) is 3.43. The Morgan fingerprint density at radius 2 is 2.24 bits per heavy atom. The number of hydrogen-bond acceptors (Lipinski definition) is 2. The lowest BCUT2D eigenvalue weighted by atomic mass is 10.0. The van der Waals surface area contributed by atoms with Gasteiger partial charge in [-0.2, -0.15) is 0 Å². The van der Waals surface area contributed by atoms with Gasteiger partial charge in [0.05, 0.1) is 5.92 Å². The molecule has 1 fully saturated rings. The Bertz CT molecular complexity index is 433. The van der Waals surface area contributed by atoms with Gasteiger partial charge in [0.15, 0.2) is 0 Å². The zero-order chi connectivity index (χ0) is 12.4. The summed E-state index contributed by atoms with van der Waals surface area (Å²) in [5.41, 5.74) is 6.87. The van der Waals surface area contributed by atoms with Crippen molar-refractivity contribution in [2.24, 2.45) is 11.7 Å². The molecule has 0 aromatic heterocycles. The SMILES string of the molecule is Cc1c(F)cccc1NC(=O)C1CCCC1N. The maximum absolute atomic E-state index is 13.3. The van der Waals surface area contributed by atoms with Gasteiger partial charge in [-0.15, -0.1) is 0 Å². The normalized spacial score (nSPS) is 23.7. The lowest BCUT2D eigenvalue weighted by Gasteiger charge is -2.16. The second kappa shape index (κ2) is 4.84. The lowest BCUT2D eigenvalue weighted by Crippen LogP contribution is -2.34. The number of benzene rings is 1. The van der Waals surface area contributed by atoms with Gasteiger partial charge in [0.2, 0.25) is 5.91 Å². The number of hydrogen-bond donors (Lipinski definition) is 2. The zero-order valence-corrected chi connectivity index (χ0v) is 9.87. The van der Waals surface area contributed by atoms with E-state index >= 15 is 0 Å². The molecule has 0 heterocycles. The van der Waals surface area contributed by atoms with Crippen LogP contribution < -0.4 is 11.1 Å². The standard InChI is InChI=1S/C13H17FN2O/c1-8-10(14)5-3-7-12(8)16-13(17)9-4-2-6-11(9)15/h3,5,7,9,11H,2,4,6,15H2,1H3,(H,16,17). The molecule has 3 N–H and O–H groups in total. The second-order valence-electron chi connectivity index (χ2n) is 4.60. The number of anilines is 1. The molecule has 17 heavy (non-hydrogen) atoms. The molecule has 1 aliphatic rings. The fourth-order valence-corrected chi connectivity index (χ4v) is 2.28. The Kier molecular flexibility index (Phi) is 3.43. The van der Waals surface area contributed by atoms with Gasteiger partial charge in [-0.3, -0.25) is 4.79 Å². The first-order chi connectivity index (χ1) is 8.09. The van der Waals surface area contributed by atoms with Crippen molar-refractivity contribution in [3.63, 3.8) is 0 Å². The van der Waals surface area contributed by atoms with E-state index in [2.05, 4.69) is 5.32 Å². The van der Waals surface area contributed by atoms with Crippen LogP contribution >= 0.6 is 0 Å². The quantitative estimate of drug-likeness (QED) is 0.827. The number of nitrogens with two attached hydrogens (primary N) is 1. The summed E-state index contributed by atoms with van der Waals surface area (Å²) < 4.78 is 13.3. The van der Waals surface area contributed by atoms with Gasteiger partial charge >= 0.3 is 0 Å². The fourth-order valence-electron chi connectivity index (χ4n) is 2.28. The highest BCUT2D eigenvalue weighted by Gasteiger charge is 2.30. The molecule has 1 saturated carbocycles. The molecule has 0 spiro atoms. The summed E-state index contributed by atoms with van der Waals surface area (Å²) in [7, 11) is 0. The van der Waals surface area contributed by atoms with Crippen molar-refractivity contribution in [2.45, 2.75) is 32.2 Å². The van der Waals surface area contributed by atoms with E-state index < -0.39 is 0 Å². The van der Waals surface area contributed by atoms with E-state index in [1.807, 2.05) is 0 Å². The van der Waals surface area contributed by atoms with Crippen molar-refractivity contribution in [1.29, 1.82) is 0 Å². The highest BCUT2D eigenvalue weighted by molar-refractivity contribution is 5.93. The van der Waals surface area contributed by atoms with Crippen LogP contribution in [0.3, 0.4) is 0 Å². The molecule has 0 radical (unpaired) electrons. The van der Waals surface area contributed by atoms with Crippen LogP contribution in [0.15, 0.2) is 18.2 Å². The first-order valence-corrected chi connectivity index (χ1v) is 5.91. The molecular formula is C13H17FN2O. The molecule has 1 aromatic rings. The molecule has 92 valence electrons. The van der Waals surface area contributed by atoms with E-state index in [0.29, 0.717) is 11.3 Å². The molecule has 0 bridgehead atoms. The topological polar surface area (TPSA) is 55.1 Å². The summed E-state index contributed by atoms with van der Waals surface area (Å²) in [5, 5.41) is 2.76. The molecule has 1 aromatic carbocycles. The smallest absolute Gasteiger partial charge is 0.229 e. The van der Waals surface area contributed by atoms with Crippen LogP contribution in [-0.2, 0) is 4.79 Å². The summed E-state index contributed by atoms with van der Waals surface area (Å²) in [6.07, 6.45) is 2.70. The van der Waals surface area contributed by atoms with Crippen LogP contribution in [0.5, 0.6) is 0 Å². The van der Waals surface area contributed by atoms with Crippen molar-refractivity contribution in [3.8, 4) is 0 Å². The Hall–Kier alpha value is -1.42. The molecular weight excluding hydrogens is 219 g/mol. The van der Waals surface area contributed by atoms with E-state index in [9.17, 15) is 9.18 Å². The number of nitrogens with one attached hydrogen (secondary N) is 1. The average Bonchev–Trinajstić information content (AvgIpc) is 2.71. The third-order valence-corrected chi connectivity index (χ3v) is 3.43. The predicted molar refractivity (Wildman–Crippen MR) is 65.1 cm³/mol. The number of halogens is 1. The van der Waals surface area contributed by atoms with Crippen molar-refractivity contribution in [1.82, 2.24) is 0 Å². The second-order valence-corrected chi connectivity index (χ2v) is 4.60. The van der Waals surface area contributed by atoms with Crippen molar-refractivity contribution in [2.75, 3.05) is 5.32 Å². The van der Waals surface area contributed by atoms with Crippen molar-refractivity contribution >= 4 is 11.6 Å². The summed E-state index contributed by atoms with van der Waals surface area (Å²) in [6.45, 7) is 1.65. The molecule has 4 heteroatoms. The first-order valence-electron chi connectivity index (χ1n) is 5.91. The van der Waals surface area contributed by atoms with E-state index in [0.717, 1.165) is 19.3 Å². The number of rotatable bonds is 2. The minimum atomic E-state index is -0.307. The van der Waals surface area contributed by atoms with Gasteiger partial charge in [0, 0.05) is 17.3 Å². The molecule has 0 aliphatic heterocycles. The number of amides is 1. The van der Waals surface area contributed by atoms with Gasteiger partial charge in [-0.1, -0.05) is 12.5 Å². The molecule has 2 rings (SSSR count). The van der Waals surface area contributed by atoms with E-state index in [1.165, 1.54) is 6.07 Å². The lowest BCUT2D eigenvalue weighted by molar-refractivity contribution is -0.120. The van der Waals surface area contributed by atoms with Gasteiger partial charge in [-0.05, 0) is 31.9 Å². The molecule has 1 aliphatic carbocycles. The van der Waals surface area contributed by atoms with E-state index in [4.69, 9.17) is 5.73 Å². The highest BCUT2D eigenvalue weighted by Crippen LogP contribution is 2.26. The summed E-state index contributed by atoms with van der Waals surface area (Å²) in [4.78, 5) is 12.0. The zero-order valence-electron chi connectivity index (χ0n) is 9.87. The van der Waals surface area contributed by atoms with Crippen LogP contribution in [0, 0.1) is 18.7 Å². The van der Waals surface area contributed by atoms with Gasteiger partial charge in [0.25, 0.3) is 0 Å². The highest BCUT2D eigenvalue weighted by atomic mass is 19.1. The Morgan fingerprint density at radius 3 is 2.88 bits per heavy atom. The van der Waals surface area contributed by atoms with Crippen LogP contribution in [-0.4, -0.2) is 11.9 Å². The Morgan fingerprint density at radius 1 is 1.47 bits per heavy atom. The van der Waals surface area contributed by atoms with Crippen LogP contribution in [0.1, 0.15) is 24.8 Å². The Labute approximate surface area is 100 Å². The molecule has 2 atom stereocenters. The maximum Gasteiger partial charge on any atom is 0.229 e. The largest absolute Gasteiger partial charge is 0.327 e. The van der Waals surface area contributed by atoms with E-state index in [-0.39, 0.29) is 23.7 Å². The predicted octanol–water partition coefficient (Wildman–Crippen LogP) is 2.20. The minimum Gasteiger partial charge on any atom is -0.327 e. The van der Waals surface area contributed by atoms with Crippen molar-refractivity contribution in [3.05, 3.63) is 29.6 Å².